The molecule has 3 aromatic rings. The molecule has 1 aromatic heterocycles. The van der Waals surface area contributed by atoms with Crippen LogP contribution in [-0.4, -0.2) is 37.8 Å². The molecule has 0 radical (unpaired) electrons. The van der Waals surface area contributed by atoms with Crippen molar-refractivity contribution in [1.29, 1.82) is 0 Å². The summed E-state index contributed by atoms with van der Waals surface area (Å²) in [6, 6.07) is 19.0. The summed E-state index contributed by atoms with van der Waals surface area (Å²) in [6.45, 7) is 0.971. The van der Waals surface area contributed by atoms with E-state index in [-0.39, 0.29) is 19.1 Å². The van der Waals surface area contributed by atoms with E-state index in [0.29, 0.717) is 29.9 Å². The fourth-order valence-corrected chi connectivity index (χ4v) is 2.96. The van der Waals surface area contributed by atoms with E-state index in [2.05, 4.69) is 10.3 Å². The molecule has 7 heteroatoms. The van der Waals surface area contributed by atoms with E-state index in [1.165, 1.54) is 0 Å². The van der Waals surface area contributed by atoms with Gasteiger partial charge in [0.25, 0.3) is 5.91 Å². The molecule has 1 N–H and O–H groups in total. The fraction of sp³-hybridized carbons (Fsp3) is 0.217. The van der Waals surface area contributed by atoms with E-state index in [1.54, 1.807) is 25.4 Å². The minimum atomic E-state index is -0.273. The van der Waals surface area contributed by atoms with Gasteiger partial charge in [0, 0.05) is 25.4 Å². The molecular formula is C23H23ClN2O4. The van der Waals surface area contributed by atoms with Crippen LogP contribution in [0.5, 0.6) is 11.6 Å². The Labute approximate surface area is 180 Å². The number of methoxy groups -OCH3 is 1. The number of halogens is 1. The van der Waals surface area contributed by atoms with Gasteiger partial charge in [-0.2, -0.15) is 0 Å². The first kappa shape index (κ1) is 21.6. The average Bonchev–Trinajstić information content (AvgIpc) is 2.78. The van der Waals surface area contributed by atoms with Crippen molar-refractivity contribution in [2.24, 2.45) is 0 Å². The summed E-state index contributed by atoms with van der Waals surface area (Å²) < 4.78 is 16.1. The van der Waals surface area contributed by atoms with Gasteiger partial charge in [-0.05, 0) is 29.3 Å². The zero-order chi connectivity index (χ0) is 21.2. The summed E-state index contributed by atoms with van der Waals surface area (Å²) in [5.74, 6) is 0.650. The van der Waals surface area contributed by atoms with Gasteiger partial charge in [0.1, 0.15) is 12.4 Å². The number of aromatic nitrogens is 1. The molecule has 6 nitrogen and oxygen atoms in total. The van der Waals surface area contributed by atoms with Crippen molar-refractivity contribution < 1.29 is 19.0 Å². The third-order valence-electron chi connectivity index (χ3n) is 4.25. The molecule has 0 fully saturated rings. The van der Waals surface area contributed by atoms with Crippen molar-refractivity contribution in [3.63, 3.8) is 0 Å². The topological polar surface area (TPSA) is 69.7 Å². The lowest BCUT2D eigenvalue weighted by molar-refractivity contribution is -0.123. The van der Waals surface area contributed by atoms with Gasteiger partial charge in [0.2, 0.25) is 5.88 Å². The Kier molecular flexibility index (Phi) is 8.06. The lowest BCUT2D eigenvalue weighted by Crippen LogP contribution is -2.28. The zero-order valence-electron chi connectivity index (χ0n) is 16.6. The number of hydrogen-bond donors (Lipinski definition) is 1. The number of hydrogen-bond acceptors (Lipinski definition) is 5. The third kappa shape index (κ3) is 6.20. The highest BCUT2D eigenvalue weighted by molar-refractivity contribution is 6.32. The van der Waals surface area contributed by atoms with Crippen molar-refractivity contribution in [3.05, 3.63) is 77.4 Å². The summed E-state index contributed by atoms with van der Waals surface area (Å²) in [6.07, 6.45) is 1.64. The van der Waals surface area contributed by atoms with Crippen LogP contribution in [0.4, 0.5) is 0 Å². The van der Waals surface area contributed by atoms with E-state index >= 15 is 0 Å². The second-order valence-electron chi connectivity index (χ2n) is 6.39. The van der Waals surface area contributed by atoms with Crippen molar-refractivity contribution in [2.75, 3.05) is 26.9 Å². The van der Waals surface area contributed by atoms with Gasteiger partial charge in [-0.3, -0.25) is 4.79 Å². The maximum Gasteiger partial charge on any atom is 0.258 e. The highest BCUT2D eigenvalue weighted by atomic mass is 35.5. The molecule has 1 heterocycles. The second kappa shape index (κ2) is 11.2. The van der Waals surface area contributed by atoms with Gasteiger partial charge < -0.3 is 19.5 Å². The van der Waals surface area contributed by atoms with Crippen molar-refractivity contribution >= 4 is 17.5 Å². The van der Waals surface area contributed by atoms with Crippen LogP contribution in [0.2, 0.25) is 5.02 Å². The zero-order valence-corrected chi connectivity index (χ0v) is 17.4. The Morgan fingerprint density at radius 1 is 1.00 bits per heavy atom. The molecule has 0 aliphatic heterocycles. The van der Waals surface area contributed by atoms with Gasteiger partial charge in [-0.25, -0.2) is 4.98 Å². The molecule has 0 aliphatic carbocycles. The largest absolute Gasteiger partial charge is 0.482 e. The van der Waals surface area contributed by atoms with E-state index in [9.17, 15) is 4.79 Å². The standard InChI is InChI=1S/C23H23ClN2O4/c1-28-12-13-29-23-19(8-5-11-25-23)15-26-22(27)16-30-21-10-9-18(14-20(21)24)17-6-3-2-4-7-17/h2-11,14H,12-13,15-16H2,1H3,(H,26,27). The van der Waals surface area contributed by atoms with E-state index < -0.39 is 0 Å². The smallest absolute Gasteiger partial charge is 0.258 e. The normalized spacial score (nSPS) is 10.5. The van der Waals surface area contributed by atoms with Gasteiger partial charge in [-0.1, -0.05) is 54.1 Å². The molecule has 3 rings (SSSR count). The third-order valence-corrected chi connectivity index (χ3v) is 4.55. The summed E-state index contributed by atoms with van der Waals surface area (Å²) in [7, 11) is 1.60. The number of rotatable bonds is 10. The molecule has 0 aliphatic rings. The highest BCUT2D eigenvalue weighted by Gasteiger charge is 2.10. The molecule has 0 spiro atoms. The number of nitrogens with one attached hydrogen (secondary N) is 1. The number of benzene rings is 2. The summed E-state index contributed by atoms with van der Waals surface area (Å²) in [5, 5.41) is 3.25. The summed E-state index contributed by atoms with van der Waals surface area (Å²) >= 11 is 6.33. The van der Waals surface area contributed by atoms with Crippen LogP contribution >= 0.6 is 11.6 Å². The first-order valence-corrected chi connectivity index (χ1v) is 9.85. The van der Waals surface area contributed by atoms with Crippen molar-refractivity contribution in [2.45, 2.75) is 6.54 Å². The number of ether oxygens (including phenoxy) is 3. The predicted octanol–water partition coefficient (Wildman–Crippen LogP) is 4.12. The lowest BCUT2D eigenvalue weighted by atomic mass is 10.1. The first-order valence-electron chi connectivity index (χ1n) is 9.47. The molecule has 0 saturated carbocycles. The SMILES string of the molecule is COCCOc1ncccc1CNC(=O)COc1ccc(-c2ccccc2)cc1Cl. The molecular weight excluding hydrogens is 404 g/mol. The van der Waals surface area contributed by atoms with Gasteiger partial charge in [0.05, 0.1) is 11.6 Å². The van der Waals surface area contributed by atoms with Crippen molar-refractivity contribution in [3.8, 4) is 22.8 Å². The maximum atomic E-state index is 12.2. The minimum Gasteiger partial charge on any atom is -0.482 e. The molecule has 2 aromatic carbocycles. The number of pyridine rings is 1. The number of carbonyl (C=O) groups is 1. The molecule has 156 valence electrons. The van der Waals surface area contributed by atoms with E-state index in [4.69, 9.17) is 25.8 Å². The molecule has 30 heavy (non-hydrogen) atoms. The monoisotopic (exact) mass is 426 g/mol. The Hall–Kier alpha value is -3.09. The Morgan fingerprint density at radius 3 is 2.60 bits per heavy atom. The van der Waals surface area contributed by atoms with Gasteiger partial charge in [0.15, 0.2) is 6.61 Å². The Morgan fingerprint density at radius 2 is 1.83 bits per heavy atom. The number of amides is 1. The molecule has 0 unspecified atom stereocenters. The fourth-order valence-electron chi connectivity index (χ4n) is 2.73. The molecule has 0 bridgehead atoms. The highest BCUT2D eigenvalue weighted by Crippen LogP contribution is 2.30. The summed E-state index contributed by atoms with van der Waals surface area (Å²) in [4.78, 5) is 16.4. The Bertz CT molecular complexity index is 966. The Balaban J connectivity index is 1.52. The van der Waals surface area contributed by atoms with E-state index in [0.717, 1.165) is 16.7 Å². The van der Waals surface area contributed by atoms with Crippen LogP contribution in [0.15, 0.2) is 66.9 Å². The van der Waals surface area contributed by atoms with Crippen LogP contribution in [-0.2, 0) is 16.1 Å². The molecule has 0 atom stereocenters. The first-order chi connectivity index (χ1) is 14.7. The van der Waals surface area contributed by atoms with Crippen LogP contribution in [0.3, 0.4) is 0 Å². The maximum absolute atomic E-state index is 12.2. The van der Waals surface area contributed by atoms with Crippen LogP contribution in [0.25, 0.3) is 11.1 Å². The van der Waals surface area contributed by atoms with Crippen LogP contribution < -0.4 is 14.8 Å². The van der Waals surface area contributed by atoms with Crippen LogP contribution in [0, 0.1) is 0 Å². The second-order valence-corrected chi connectivity index (χ2v) is 6.79. The average molecular weight is 427 g/mol. The van der Waals surface area contributed by atoms with Gasteiger partial charge in [-0.15, -0.1) is 0 Å². The summed E-state index contributed by atoms with van der Waals surface area (Å²) in [5.41, 5.74) is 2.81. The quantitative estimate of drug-likeness (QED) is 0.494. The molecule has 1 amide bonds. The molecule has 0 saturated heterocycles. The van der Waals surface area contributed by atoms with Crippen LogP contribution in [0.1, 0.15) is 5.56 Å². The van der Waals surface area contributed by atoms with E-state index in [1.807, 2.05) is 48.5 Å². The lowest BCUT2D eigenvalue weighted by Gasteiger charge is -2.12. The number of carbonyl (C=O) groups excluding carboxylic acids is 1. The minimum absolute atomic E-state index is 0.148. The number of nitrogens with zero attached hydrogens (tertiary/aromatic N) is 1. The predicted molar refractivity (Wildman–Crippen MR) is 116 cm³/mol. The van der Waals surface area contributed by atoms with Crippen molar-refractivity contribution in [1.82, 2.24) is 10.3 Å². The van der Waals surface area contributed by atoms with Gasteiger partial charge >= 0.3 is 0 Å².